The van der Waals surface area contributed by atoms with E-state index in [-0.39, 0.29) is 11.5 Å². The Labute approximate surface area is 182 Å². The first-order chi connectivity index (χ1) is 13.8. The minimum Gasteiger partial charge on any atom is -0.444 e. The summed E-state index contributed by atoms with van der Waals surface area (Å²) in [7, 11) is -5.74. The first kappa shape index (κ1) is 27.1. The van der Waals surface area contributed by atoms with E-state index in [2.05, 4.69) is 9.50 Å². The molecular formula is C21H32F3NO5S. The molecule has 178 valence electrons. The summed E-state index contributed by atoms with van der Waals surface area (Å²) in [5, 5.41) is 2.87. The number of rotatable bonds is 7. The fraction of sp³-hybridized carbons (Fsp3) is 0.667. The molecule has 0 fully saturated rings. The van der Waals surface area contributed by atoms with Gasteiger partial charge in [0.25, 0.3) is 0 Å². The molecule has 1 rings (SSSR count). The monoisotopic (exact) mass is 467 g/mol. The Morgan fingerprint density at radius 1 is 1.06 bits per heavy atom. The third kappa shape index (κ3) is 9.37. The summed E-state index contributed by atoms with van der Waals surface area (Å²) >= 11 is 0. The van der Waals surface area contributed by atoms with Gasteiger partial charge in [-0.2, -0.15) is 21.6 Å². The molecule has 1 unspecified atom stereocenters. The van der Waals surface area contributed by atoms with Gasteiger partial charge in [0.1, 0.15) is 11.4 Å². The predicted octanol–water partition coefficient (Wildman–Crippen LogP) is 5.35. The first-order valence-corrected chi connectivity index (χ1v) is 11.4. The Bertz CT molecular complexity index is 868. The molecule has 0 bridgehead atoms. The van der Waals surface area contributed by atoms with Crippen LogP contribution in [-0.2, 0) is 27.7 Å². The van der Waals surface area contributed by atoms with Crippen molar-refractivity contribution in [3.8, 4) is 5.75 Å². The smallest absolute Gasteiger partial charge is 0.444 e. The highest BCUT2D eigenvalue weighted by Crippen LogP contribution is 2.29. The molecule has 1 N–H and O–H groups in total. The van der Waals surface area contributed by atoms with Crippen LogP contribution in [0.5, 0.6) is 5.75 Å². The largest absolute Gasteiger partial charge is 0.534 e. The minimum atomic E-state index is -5.74. The van der Waals surface area contributed by atoms with Crippen LogP contribution in [0.3, 0.4) is 0 Å². The van der Waals surface area contributed by atoms with Gasteiger partial charge in [-0.15, -0.1) is 0 Å². The summed E-state index contributed by atoms with van der Waals surface area (Å²) in [6, 6.07) is 3.68. The van der Waals surface area contributed by atoms with Gasteiger partial charge in [0, 0.05) is 6.04 Å². The maximum Gasteiger partial charge on any atom is 0.534 e. The summed E-state index contributed by atoms with van der Waals surface area (Å²) in [6.07, 6.45) is 0.894. The lowest BCUT2D eigenvalue weighted by Crippen LogP contribution is -2.42. The Kier molecular flexibility index (Phi) is 8.44. The van der Waals surface area contributed by atoms with E-state index < -0.39 is 33.1 Å². The second-order valence-corrected chi connectivity index (χ2v) is 11.1. The van der Waals surface area contributed by atoms with Crippen LogP contribution in [0.15, 0.2) is 18.2 Å². The zero-order chi connectivity index (χ0) is 24.3. The molecule has 0 radical (unpaired) electrons. The highest BCUT2D eigenvalue weighted by atomic mass is 32.2. The zero-order valence-electron chi connectivity index (χ0n) is 19.0. The van der Waals surface area contributed by atoms with Crippen molar-refractivity contribution in [2.24, 2.45) is 5.41 Å². The Morgan fingerprint density at radius 2 is 1.65 bits per heavy atom. The molecule has 0 aromatic heterocycles. The number of ether oxygens (including phenoxy) is 1. The Balaban J connectivity index is 3.12. The van der Waals surface area contributed by atoms with Crippen LogP contribution in [0.25, 0.3) is 0 Å². The Morgan fingerprint density at radius 3 is 2.10 bits per heavy atom. The van der Waals surface area contributed by atoms with Crippen LogP contribution >= 0.6 is 0 Å². The first-order valence-electron chi connectivity index (χ1n) is 9.95. The number of carbonyl (C=O) groups is 1. The van der Waals surface area contributed by atoms with Gasteiger partial charge in [0.15, 0.2) is 0 Å². The highest BCUT2D eigenvalue weighted by molar-refractivity contribution is 7.88. The van der Waals surface area contributed by atoms with Gasteiger partial charge in [0.05, 0.1) is 0 Å². The third-order valence-electron chi connectivity index (χ3n) is 4.09. The molecule has 1 amide bonds. The number of halogens is 3. The van der Waals surface area contributed by atoms with Crippen molar-refractivity contribution in [1.82, 2.24) is 5.32 Å². The predicted molar refractivity (Wildman–Crippen MR) is 112 cm³/mol. The van der Waals surface area contributed by atoms with Crippen LogP contribution in [0.2, 0.25) is 0 Å². The Hall–Kier alpha value is -1.97. The van der Waals surface area contributed by atoms with Gasteiger partial charge < -0.3 is 14.2 Å². The fourth-order valence-corrected chi connectivity index (χ4v) is 3.46. The van der Waals surface area contributed by atoms with Gasteiger partial charge in [-0.25, -0.2) is 4.79 Å². The molecule has 0 spiro atoms. The molecule has 0 aliphatic carbocycles. The van der Waals surface area contributed by atoms with E-state index in [1.807, 2.05) is 20.8 Å². The maximum absolute atomic E-state index is 12.6. The number of hydrogen-bond acceptors (Lipinski definition) is 5. The fourth-order valence-electron chi connectivity index (χ4n) is 3.01. The van der Waals surface area contributed by atoms with Gasteiger partial charge in [0.2, 0.25) is 0 Å². The van der Waals surface area contributed by atoms with Gasteiger partial charge in [-0.3, -0.25) is 0 Å². The number of nitrogens with one attached hydrogen (secondary N) is 1. The zero-order valence-corrected chi connectivity index (χ0v) is 19.8. The molecule has 0 saturated heterocycles. The van der Waals surface area contributed by atoms with Crippen molar-refractivity contribution < 1.29 is 35.3 Å². The minimum absolute atomic E-state index is 0.115. The number of hydrogen-bond donors (Lipinski definition) is 1. The molecule has 0 heterocycles. The molecule has 1 atom stereocenters. The second kappa shape index (κ2) is 9.67. The maximum atomic E-state index is 12.6. The lowest BCUT2D eigenvalue weighted by atomic mass is 9.85. The van der Waals surface area contributed by atoms with E-state index in [1.54, 1.807) is 27.7 Å². The lowest BCUT2D eigenvalue weighted by Gasteiger charge is -2.29. The number of carbonyl (C=O) groups excluding carboxylic acids is 1. The van der Waals surface area contributed by atoms with Crippen molar-refractivity contribution in [3.05, 3.63) is 29.3 Å². The van der Waals surface area contributed by atoms with Crippen molar-refractivity contribution in [2.45, 2.75) is 84.9 Å². The van der Waals surface area contributed by atoms with Crippen LogP contribution in [0, 0.1) is 5.41 Å². The molecule has 6 nitrogen and oxygen atoms in total. The van der Waals surface area contributed by atoms with Crippen LogP contribution in [-0.4, -0.2) is 31.7 Å². The highest BCUT2D eigenvalue weighted by Gasteiger charge is 2.48. The second-order valence-electron chi connectivity index (χ2n) is 9.58. The standard InChI is InChI=1S/C21H32F3NO5S/c1-8-14-12-17(30-31(27,28)21(22,23)24)10-9-15(14)11-16(13-19(2,3)4)25-18(26)29-20(5,6)7/h9-10,12,16H,8,11,13H2,1-7H3,(H,25,26). The van der Waals surface area contributed by atoms with Crippen molar-refractivity contribution in [1.29, 1.82) is 0 Å². The van der Waals surface area contributed by atoms with E-state index in [4.69, 9.17) is 4.74 Å². The number of alkyl carbamates (subject to hydrolysis) is 1. The number of aryl methyl sites for hydroxylation is 1. The SMILES string of the molecule is CCc1cc(OS(=O)(=O)C(F)(F)F)ccc1CC(CC(C)(C)C)NC(=O)OC(C)(C)C. The summed E-state index contributed by atoms with van der Waals surface area (Å²) in [5.41, 5.74) is -4.89. The average molecular weight is 468 g/mol. The molecule has 10 heteroatoms. The number of alkyl halides is 3. The van der Waals surface area contributed by atoms with E-state index in [0.717, 1.165) is 5.56 Å². The summed E-state index contributed by atoms with van der Waals surface area (Å²) in [6.45, 7) is 13.1. The van der Waals surface area contributed by atoms with Gasteiger partial charge >= 0.3 is 21.7 Å². The number of amides is 1. The van der Waals surface area contributed by atoms with Gasteiger partial charge in [-0.1, -0.05) is 33.8 Å². The van der Waals surface area contributed by atoms with Crippen molar-refractivity contribution in [3.63, 3.8) is 0 Å². The van der Waals surface area contributed by atoms with Gasteiger partial charge in [-0.05, 0) is 68.7 Å². The van der Waals surface area contributed by atoms with Crippen LogP contribution < -0.4 is 9.50 Å². The van der Waals surface area contributed by atoms with E-state index in [0.29, 0.717) is 24.8 Å². The van der Waals surface area contributed by atoms with Crippen LogP contribution in [0.4, 0.5) is 18.0 Å². The quantitative estimate of drug-likeness (QED) is 0.432. The van der Waals surface area contributed by atoms with E-state index in [9.17, 15) is 26.4 Å². The molecule has 1 aromatic rings. The molecule has 0 saturated carbocycles. The molecular weight excluding hydrogens is 435 g/mol. The average Bonchev–Trinajstić information content (AvgIpc) is 2.51. The summed E-state index contributed by atoms with van der Waals surface area (Å²) in [4.78, 5) is 12.3. The number of benzene rings is 1. The molecule has 1 aromatic carbocycles. The molecule has 31 heavy (non-hydrogen) atoms. The van der Waals surface area contributed by atoms with Crippen molar-refractivity contribution >= 4 is 16.2 Å². The summed E-state index contributed by atoms with van der Waals surface area (Å²) < 4.78 is 69.9. The van der Waals surface area contributed by atoms with E-state index in [1.165, 1.54) is 18.2 Å². The summed E-state index contributed by atoms with van der Waals surface area (Å²) in [5.74, 6) is -0.412. The van der Waals surface area contributed by atoms with Crippen molar-refractivity contribution in [2.75, 3.05) is 0 Å². The third-order valence-corrected chi connectivity index (χ3v) is 5.07. The lowest BCUT2D eigenvalue weighted by molar-refractivity contribution is -0.0500. The van der Waals surface area contributed by atoms with Crippen LogP contribution in [0.1, 0.15) is 66.0 Å². The van der Waals surface area contributed by atoms with E-state index >= 15 is 0 Å². The molecule has 0 aliphatic rings. The normalized spacial score (nSPS) is 14.1. The molecule has 0 aliphatic heterocycles. The topological polar surface area (TPSA) is 81.7 Å².